The van der Waals surface area contributed by atoms with Gasteiger partial charge in [-0.05, 0) is 30.3 Å². The summed E-state index contributed by atoms with van der Waals surface area (Å²) >= 11 is 0. The number of rotatable bonds is 2. The highest BCUT2D eigenvalue weighted by atomic mass is 19.4. The first-order valence-corrected chi connectivity index (χ1v) is 11.0. The van der Waals surface area contributed by atoms with Crippen LogP contribution in [0.2, 0.25) is 0 Å². The number of alkyl halides is 9. The van der Waals surface area contributed by atoms with Gasteiger partial charge in [0.1, 0.15) is 5.69 Å². The van der Waals surface area contributed by atoms with Crippen LogP contribution < -0.4 is 0 Å². The smallest absolute Gasteiger partial charge is 0.433 e. The van der Waals surface area contributed by atoms with Crippen LogP contribution in [0.5, 0.6) is 0 Å². The van der Waals surface area contributed by atoms with Gasteiger partial charge in [-0.1, -0.05) is 48.0 Å². The van der Waals surface area contributed by atoms with Gasteiger partial charge < -0.3 is 9.84 Å². The Hall–Kier alpha value is -2.92. The Bertz CT molecular complexity index is 962. The molecule has 1 atom stereocenters. The van der Waals surface area contributed by atoms with Crippen LogP contribution in [0.25, 0.3) is 5.76 Å². The number of aromatic nitrogens is 1. The van der Waals surface area contributed by atoms with Crippen molar-refractivity contribution in [2.24, 2.45) is 0 Å². The van der Waals surface area contributed by atoms with Crippen LogP contribution in [0.15, 0.2) is 42.3 Å². The molecule has 1 saturated heterocycles. The molecule has 2 aromatic rings. The number of aliphatic hydroxyl groups is 1. The Balaban J connectivity index is 0.00000159. The van der Waals surface area contributed by atoms with Crippen molar-refractivity contribution in [3.8, 4) is 0 Å². The van der Waals surface area contributed by atoms with Gasteiger partial charge in [-0.15, -0.1) is 0 Å². The predicted octanol–water partition coefficient (Wildman–Crippen LogP) is 9.60. The Morgan fingerprint density at radius 2 is 1.25 bits per heavy atom. The number of aliphatic hydroxyl groups excluding tert-OH is 1. The molecular formula is C24H28F9NO2. The van der Waals surface area contributed by atoms with Gasteiger partial charge in [-0.25, -0.2) is 0 Å². The summed E-state index contributed by atoms with van der Waals surface area (Å²) in [6, 6.07) is 2.14. The van der Waals surface area contributed by atoms with Gasteiger partial charge in [-0.2, -0.15) is 39.5 Å². The third-order valence-electron chi connectivity index (χ3n) is 3.90. The lowest BCUT2D eigenvalue weighted by molar-refractivity contribution is -0.143. The van der Waals surface area contributed by atoms with Gasteiger partial charge in [-0.3, -0.25) is 4.98 Å². The molecule has 204 valence electrons. The fraction of sp³-hybridized carbons (Fsp3) is 0.458. The van der Waals surface area contributed by atoms with E-state index < -0.39 is 58.5 Å². The molecule has 0 saturated carbocycles. The molecule has 0 radical (unpaired) electrons. The summed E-state index contributed by atoms with van der Waals surface area (Å²) < 4.78 is 120. The largest absolute Gasteiger partial charge is 0.504 e. The summed E-state index contributed by atoms with van der Waals surface area (Å²) in [5.41, 5.74) is -5.56. The number of pyridine rings is 1. The molecule has 1 aromatic heterocycles. The standard InChI is InChI=1S/C17H8F9NO2.C3H8.2C2H6/c18-15(19,20)9-3-8(4-10(6-9)16(21,22)23)12(28)14-13(29-14)7-1-2-27-11(5-7)17(24,25)26;1-3-2;2*1-2/h1-6,13,28H;3H2,1-2H3;2*1-2H3/b14-12-;;;. The van der Waals surface area contributed by atoms with Crippen molar-refractivity contribution in [3.05, 3.63) is 70.2 Å². The lowest BCUT2D eigenvalue weighted by atomic mass is 10.0. The van der Waals surface area contributed by atoms with E-state index in [1.54, 1.807) is 0 Å². The highest BCUT2D eigenvalue weighted by Gasteiger charge is 2.42. The lowest BCUT2D eigenvalue weighted by Gasteiger charge is -2.13. The summed E-state index contributed by atoms with van der Waals surface area (Å²) in [7, 11) is 0. The van der Waals surface area contributed by atoms with Crippen molar-refractivity contribution in [3.63, 3.8) is 0 Å². The fourth-order valence-corrected chi connectivity index (χ4v) is 2.49. The molecule has 3 rings (SSSR count). The number of benzene rings is 1. The Labute approximate surface area is 203 Å². The molecule has 3 nitrogen and oxygen atoms in total. The average Bonchev–Trinajstić information content (AvgIpc) is 3.61. The number of hydrogen-bond acceptors (Lipinski definition) is 3. The first-order valence-electron chi connectivity index (χ1n) is 11.0. The molecule has 1 aliphatic heterocycles. The quantitative estimate of drug-likeness (QED) is 0.238. The molecule has 12 heteroatoms. The highest BCUT2D eigenvalue weighted by molar-refractivity contribution is 5.66. The monoisotopic (exact) mass is 533 g/mol. The average molecular weight is 533 g/mol. The topological polar surface area (TPSA) is 45.6 Å². The van der Waals surface area contributed by atoms with E-state index in [1.165, 1.54) is 6.42 Å². The zero-order valence-corrected chi connectivity index (χ0v) is 20.5. The third kappa shape index (κ3) is 9.27. The van der Waals surface area contributed by atoms with Crippen LogP contribution >= 0.6 is 0 Å². The van der Waals surface area contributed by atoms with E-state index in [0.717, 1.165) is 12.3 Å². The molecule has 1 aromatic carbocycles. The van der Waals surface area contributed by atoms with Crippen LogP contribution in [0.3, 0.4) is 0 Å². The van der Waals surface area contributed by atoms with Crippen LogP contribution in [0.4, 0.5) is 39.5 Å². The second-order valence-electron chi connectivity index (χ2n) is 6.68. The van der Waals surface area contributed by atoms with E-state index >= 15 is 0 Å². The minimum atomic E-state index is -5.13. The summed E-state index contributed by atoms with van der Waals surface area (Å²) in [6.07, 6.45) is -14.2. The zero-order valence-electron chi connectivity index (χ0n) is 20.5. The predicted molar refractivity (Wildman–Crippen MR) is 118 cm³/mol. The maximum atomic E-state index is 12.9. The van der Waals surface area contributed by atoms with E-state index in [1.807, 2.05) is 27.7 Å². The van der Waals surface area contributed by atoms with Crippen LogP contribution in [-0.2, 0) is 23.3 Å². The van der Waals surface area contributed by atoms with Crippen LogP contribution in [-0.4, -0.2) is 10.1 Å². The van der Waals surface area contributed by atoms with Crippen molar-refractivity contribution in [2.75, 3.05) is 0 Å². The van der Waals surface area contributed by atoms with E-state index in [-0.39, 0.29) is 23.8 Å². The number of hydrogen-bond donors (Lipinski definition) is 1. The zero-order chi connectivity index (χ0) is 28.5. The minimum absolute atomic E-state index is 0.120. The van der Waals surface area contributed by atoms with Gasteiger partial charge in [0.15, 0.2) is 17.6 Å². The Morgan fingerprint density at radius 1 is 0.806 bits per heavy atom. The molecule has 1 aliphatic rings. The molecule has 36 heavy (non-hydrogen) atoms. The first-order chi connectivity index (χ1) is 16.6. The van der Waals surface area contributed by atoms with E-state index in [2.05, 4.69) is 18.8 Å². The minimum Gasteiger partial charge on any atom is -0.504 e. The third-order valence-corrected chi connectivity index (χ3v) is 3.90. The number of ether oxygens (including phenoxy) is 1. The second kappa shape index (κ2) is 13.4. The van der Waals surface area contributed by atoms with Gasteiger partial charge in [0.05, 0.1) is 11.1 Å². The van der Waals surface area contributed by atoms with E-state index in [9.17, 15) is 44.6 Å². The fourth-order valence-electron chi connectivity index (χ4n) is 2.49. The molecule has 0 bridgehead atoms. The molecule has 1 fully saturated rings. The highest BCUT2D eigenvalue weighted by Crippen LogP contribution is 2.48. The van der Waals surface area contributed by atoms with Crippen LogP contribution in [0, 0.1) is 0 Å². The van der Waals surface area contributed by atoms with Gasteiger partial charge in [0.25, 0.3) is 0 Å². The molecule has 1 N–H and O–H groups in total. The molecule has 0 aliphatic carbocycles. The van der Waals surface area contributed by atoms with Crippen molar-refractivity contribution in [1.29, 1.82) is 0 Å². The molecule has 0 spiro atoms. The SMILES string of the molecule is CC.CC.CCC.O/C(=C1\OC1c1ccnc(C(F)(F)F)c1)c1cc(C(F)(F)F)cc(C(F)(F)F)c1. The first kappa shape index (κ1) is 33.1. The molecule has 1 unspecified atom stereocenters. The summed E-state index contributed by atoms with van der Waals surface area (Å²) in [4.78, 5) is 3.12. The van der Waals surface area contributed by atoms with Crippen molar-refractivity contribution < 1.29 is 49.4 Å². The van der Waals surface area contributed by atoms with Crippen molar-refractivity contribution in [2.45, 2.75) is 72.6 Å². The number of epoxide rings is 1. The summed E-state index contributed by atoms with van der Waals surface area (Å²) in [5, 5.41) is 10.1. The van der Waals surface area contributed by atoms with Gasteiger partial charge >= 0.3 is 18.5 Å². The Kier molecular flexibility index (Phi) is 12.3. The van der Waals surface area contributed by atoms with Crippen molar-refractivity contribution in [1.82, 2.24) is 4.98 Å². The number of nitrogens with zero attached hydrogens (tertiary/aromatic N) is 1. The lowest BCUT2D eigenvalue weighted by Crippen LogP contribution is -2.11. The maximum Gasteiger partial charge on any atom is 0.433 e. The van der Waals surface area contributed by atoms with Gasteiger partial charge in [0.2, 0.25) is 0 Å². The van der Waals surface area contributed by atoms with E-state index in [0.29, 0.717) is 6.07 Å². The normalized spacial score (nSPS) is 16.1. The van der Waals surface area contributed by atoms with E-state index in [4.69, 9.17) is 4.74 Å². The molecular weight excluding hydrogens is 505 g/mol. The van der Waals surface area contributed by atoms with Gasteiger partial charge in [0, 0.05) is 17.3 Å². The van der Waals surface area contributed by atoms with Crippen LogP contribution in [0.1, 0.15) is 82.0 Å². The summed E-state index contributed by atoms with van der Waals surface area (Å²) in [6.45, 7) is 12.2. The number of halogens is 9. The molecule has 2 heterocycles. The Morgan fingerprint density at radius 3 is 1.64 bits per heavy atom. The van der Waals surface area contributed by atoms with Crippen molar-refractivity contribution >= 4 is 5.76 Å². The second-order valence-corrected chi connectivity index (χ2v) is 6.68. The summed E-state index contributed by atoms with van der Waals surface area (Å²) in [5.74, 6) is -1.51. The maximum absolute atomic E-state index is 12.9. The molecule has 0 amide bonds.